The van der Waals surface area contributed by atoms with E-state index in [0.717, 1.165) is 12.8 Å². The van der Waals surface area contributed by atoms with Crippen molar-refractivity contribution in [1.82, 2.24) is 9.78 Å². The summed E-state index contributed by atoms with van der Waals surface area (Å²) in [6.07, 6.45) is 1.71. The van der Waals surface area contributed by atoms with Crippen molar-refractivity contribution in [3.8, 4) is 0 Å². The number of hydrogen-bond donors (Lipinski definition) is 0. The molecule has 15 heavy (non-hydrogen) atoms. The van der Waals surface area contributed by atoms with Crippen molar-refractivity contribution in [2.24, 2.45) is 0 Å². The number of nitro groups is 1. The molecule has 0 fully saturated rings. The molecule has 1 aromatic heterocycles. The smallest absolute Gasteiger partial charge is 0.258 e. The van der Waals surface area contributed by atoms with Gasteiger partial charge in [0.25, 0.3) is 0 Å². The minimum Gasteiger partial charge on any atom is -0.258 e. The zero-order chi connectivity index (χ0) is 11.6. The van der Waals surface area contributed by atoms with Gasteiger partial charge in [0.05, 0.1) is 11.0 Å². The highest BCUT2D eigenvalue weighted by molar-refractivity contribution is 6.31. The van der Waals surface area contributed by atoms with Crippen LogP contribution >= 0.6 is 11.6 Å². The van der Waals surface area contributed by atoms with Gasteiger partial charge < -0.3 is 0 Å². The first-order valence-corrected chi connectivity index (χ1v) is 5.29. The molecule has 1 heterocycles. The third-order valence-corrected chi connectivity index (χ3v) is 2.82. The molecule has 0 radical (unpaired) electrons. The molecule has 0 aromatic carbocycles. The maximum Gasteiger partial charge on any atom is 0.328 e. The normalized spacial score (nSPS) is 11.0. The second kappa shape index (κ2) is 4.61. The Labute approximate surface area is 93.2 Å². The van der Waals surface area contributed by atoms with Gasteiger partial charge in [-0.3, -0.25) is 10.1 Å². The summed E-state index contributed by atoms with van der Waals surface area (Å²) in [4.78, 5) is 10.2. The molecule has 1 rings (SSSR count). The number of hydrogen-bond acceptors (Lipinski definition) is 3. The van der Waals surface area contributed by atoms with E-state index in [1.165, 1.54) is 0 Å². The van der Waals surface area contributed by atoms with Crippen LogP contribution in [0.4, 0.5) is 5.69 Å². The zero-order valence-electron chi connectivity index (χ0n) is 9.03. The van der Waals surface area contributed by atoms with Crippen LogP contribution in [-0.4, -0.2) is 14.7 Å². The summed E-state index contributed by atoms with van der Waals surface area (Å²) in [6.45, 7) is 5.61. The quantitative estimate of drug-likeness (QED) is 0.591. The Morgan fingerprint density at radius 3 is 2.40 bits per heavy atom. The summed E-state index contributed by atoms with van der Waals surface area (Å²) >= 11 is 5.94. The van der Waals surface area contributed by atoms with Crippen molar-refractivity contribution in [2.45, 2.75) is 39.7 Å². The fourth-order valence-corrected chi connectivity index (χ4v) is 1.98. The van der Waals surface area contributed by atoms with E-state index in [1.54, 1.807) is 11.6 Å². The lowest BCUT2D eigenvalue weighted by atomic mass is 10.2. The first kappa shape index (κ1) is 12.0. The van der Waals surface area contributed by atoms with Gasteiger partial charge >= 0.3 is 5.69 Å². The molecule has 0 bridgehead atoms. The summed E-state index contributed by atoms with van der Waals surface area (Å²) in [7, 11) is 0. The fraction of sp³-hybridized carbons (Fsp3) is 0.667. The minimum absolute atomic E-state index is 0.0800. The second-order valence-electron chi connectivity index (χ2n) is 3.40. The molecule has 6 heteroatoms. The van der Waals surface area contributed by atoms with Gasteiger partial charge in [0.2, 0.25) is 5.15 Å². The van der Waals surface area contributed by atoms with Crippen molar-refractivity contribution in [3.05, 3.63) is 21.0 Å². The van der Waals surface area contributed by atoms with E-state index in [-0.39, 0.29) is 16.9 Å². The number of halogens is 1. The molecular formula is C9H14ClN3O2. The predicted octanol–water partition coefficient (Wildman–Crippen LogP) is 3.11. The van der Waals surface area contributed by atoms with Crippen molar-refractivity contribution in [1.29, 1.82) is 0 Å². The Kier molecular flexibility index (Phi) is 3.68. The molecule has 0 amide bonds. The van der Waals surface area contributed by atoms with Crippen molar-refractivity contribution in [2.75, 3.05) is 0 Å². The molecule has 0 N–H and O–H groups in total. The number of nitrogens with zero attached hydrogens (tertiary/aromatic N) is 3. The molecule has 0 aliphatic rings. The third-order valence-electron chi connectivity index (χ3n) is 2.47. The van der Waals surface area contributed by atoms with Gasteiger partial charge in [-0.2, -0.15) is 5.10 Å². The van der Waals surface area contributed by atoms with Crippen LogP contribution in [0, 0.1) is 17.0 Å². The van der Waals surface area contributed by atoms with E-state index in [9.17, 15) is 10.1 Å². The molecule has 0 saturated carbocycles. The largest absolute Gasteiger partial charge is 0.328 e. The van der Waals surface area contributed by atoms with E-state index in [2.05, 4.69) is 5.10 Å². The number of rotatable bonds is 4. The van der Waals surface area contributed by atoms with Crippen molar-refractivity contribution in [3.63, 3.8) is 0 Å². The van der Waals surface area contributed by atoms with Crippen molar-refractivity contribution >= 4 is 17.3 Å². The highest BCUT2D eigenvalue weighted by Crippen LogP contribution is 2.31. The van der Waals surface area contributed by atoms with Gasteiger partial charge in [0, 0.05) is 0 Å². The lowest BCUT2D eigenvalue weighted by molar-refractivity contribution is -0.385. The van der Waals surface area contributed by atoms with Gasteiger partial charge in [0.15, 0.2) is 0 Å². The van der Waals surface area contributed by atoms with Crippen LogP contribution in [0.5, 0.6) is 0 Å². The second-order valence-corrected chi connectivity index (χ2v) is 3.75. The molecule has 0 aliphatic carbocycles. The van der Waals surface area contributed by atoms with Crippen molar-refractivity contribution < 1.29 is 4.92 Å². The fourth-order valence-electron chi connectivity index (χ4n) is 1.59. The van der Waals surface area contributed by atoms with Crippen LogP contribution < -0.4 is 0 Å². The lowest BCUT2D eigenvalue weighted by Gasteiger charge is -2.12. The standard InChI is InChI=1S/C9H14ClN3O2/c1-4-7(5-2)12-9(10)8(13(14)15)6(3)11-12/h7H,4-5H2,1-3H3. The average molecular weight is 232 g/mol. The highest BCUT2D eigenvalue weighted by atomic mass is 35.5. The number of aryl methyl sites for hydroxylation is 1. The van der Waals surface area contributed by atoms with Crippen LogP contribution in [0.2, 0.25) is 5.15 Å². The molecule has 0 spiro atoms. The van der Waals surface area contributed by atoms with Crippen LogP contribution in [0.3, 0.4) is 0 Å². The van der Waals surface area contributed by atoms with Crippen LogP contribution in [0.25, 0.3) is 0 Å². The maximum absolute atomic E-state index is 10.7. The summed E-state index contributed by atoms with van der Waals surface area (Å²) in [6, 6.07) is 0.130. The molecule has 0 aliphatic heterocycles. The maximum atomic E-state index is 10.7. The average Bonchev–Trinajstić information content (AvgIpc) is 2.44. The summed E-state index contributed by atoms with van der Waals surface area (Å²) in [5.41, 5.74) is 0.292. The molecule has 0 atom stereocenters. The predicted molar refractivity (Wildman–Crippen MR) is 58.2 cm³/mol. The third kappa shape index (κ3) is 2.12. The molecule has 84 valence electrons. The van der Waals surface area contributed by atoms with Crippen LogP contribution in [0.1, 0.15) is 38.4 Å². The van der Waals surface area contributed by atoms with Gasteiger partial charge in [-0.1, -0.05) is 25.4 Å². The van der Waals surface area contributed by atoms with Crippen LogP contribution in [0.15, 0.2) is 0 Å². The SMILES string of the molecule is CCC(CC)n1nc(C)c([N+](=O)[O-])c1Cl. The van der Waals surface area contributed by atoms with Gasteiger partial charge in [-0.25, -0.2) is 4.68 Å². The van der Waals surface area contributed by atoms with Crippen LogP contribution in [-0.2, 0) is 0 Å². The Morgan fingerprint density at radius 2 is 2.07 bits per heavy atom. The molecule has 0 saturated heterocycles. The Hall–Kier alpha value is -1.10. The summed E-state index contributed by atoms with van der Waals surface area (Å²) < 4.78 is 1.55. The Morgan fingerprint density at radius 1 is 1.53 bits per heavy atom. The Balaban J connectivity index is 3.22. The molecule has 1 aromatic rings. The van der Waals surface area contributed by atoms with Gasteiger partial charge in [0.1, 0.15) is 5.69 Å². The lowest BCUT2D eigenvalue weighted by Crippen LogP contribution is -2.08. The Bertz CT molecular complexity index is 372. The topological polar surface area (TPSA) is 61.0 Å². The minimum atomic E-state index is -0.483. The van der Waals surface area contributed by atoms with E-state index >= 15 is 0 Å². The molecule has 5 nitrogen and oxygen atoms in total. The first-order valence-electron chi connectivity index (χ1n) is 4.91. The van der Waals surface area contributed by atoms with E-state index in [0.29, 0.717) is 5.69 Å². The first-order chi connectivity index (χ1) is 7.02. The van der Waals surface area contributed by atoms with Gasteiger partial charge in [-0.15, -0.1) is 0 Å². The van der Waals surface area contributed by atoms with E-state index in [1.807, 2.05) is 13.8 Å². The van der Waals surface area contributed by atoms with Gasteiger partial charge in [-0.05, 0) is 19.8 Å². The molecular weight excluding hydrogens is 218 g/mol. The highest BCUT2D eigenvalue weighted by Gasteiger charge is 2.26. The molecule has 0 unspecified atom stereocenters. The number of aromatic nitrogens is 2. The monoisotopic (exact) mass is 231 g/mol. The summed E-state index contributed by atoms with van der Waals surface area (Å²) in [5.74, 6) is 0. The summed E-state index contributed by atoms with van der Waals surface area (Å²) in [5, 5.41) is 15.0. The zero-order valence-corrected chi connectivity index (χ0v) is 9.78. The van der Waals surface area contributed by atoms with E-state index in [4.69, 9.17) is 11.6 Å². The van der Waals surface area contributed by atoms with E-state index < -0.39 is 4.92 Å².